The monoisotopic (exact) mass is 265 g/mol. The van der Waals surface area contributed by atoms with Gasteiger partial charge in [0.1, 0.15) is 0 Å². The number of carbonyl (C=O) groups is 2. The number of nitrogens with one attached hydrogen (secondary N) is 1. The highest BCUT2D eigenvalue weighted by molar-refractivity contribution is 6.03. The first-order valence-corrected chi connectivity index (χ1v) is 6.30. The number of amides is 1. The molecule has 0 unspecified atom stereocenters. The first kappa shape index (κ1) is 13.7. The summed E-state index contributed by atoms with van der Waals surface area (Å²) in [4.78, 5) is 23.1. The molecule has 0 heterocycles. The maximum atomic E-state index is 11.8. The van der Waals surface area contributed by atoms with E-state index in [0.29, 0.717) is 11.3 Å². The van der Waals surface area contributed by atoms with Crippen LogP contribution in [0, 0.1) is 0 Å². The van der Waals surface area contributed by atoms with Crippen molar-refractivity contribution in [3.63, 3.8) is 0 Å². The molecule has 0 saturated carbocycles. The number of rotatable bonds is 4. The van der Waals surface area contributed by atoms with E-state index in [9.17, 15) is 9.59 Å². The highest BCUT2D eigenvalue weighted by Gasteiger charge is 2.02. The Bertz CT molecular complexity index is 645. The van der Waals surface area contributed by atoms with Gasteiger partial charge < -0.3 is 5.32 Å². The predicted octanol–water partition coefficient (Wildman–Crippen LogP) is 3.54. The van der Waals surface area contributed by atoms with Crippen LogP contribution in [-0.4, -0.2) is 11.7 Å². The molecular weight excluding hydrogens is 250 g/mol. The molecule has 1 N–H and O–H groups in total. The number of anilines is 1. The van der Waals surface area contributed by atoms with Gasteiger partial charge in [0.2, 0.25) is 5.91 Å². The van der Waals surface area contributed by atoms with E-state index in [1.54, 1.807) is 30.3 Å². The van der Waals surface area contributed by atoms with Crippen molar-refractivity contribution in [2.24, 2.45) is 0 Å². The van der Waals surface area contributed by atoms with Crippen molar-refractivity contribution in [1.29, 1.82) is 0 Å². The molecule has 2 aromatic carbocycles. The summed E-state index contributed by atoms with van der Waals surface area (Å²) in [5, 5.41) is 2.73. The predicted molar refractivity (Wildman–Crippen MR) is 80.6 cm³/mol. The molecule has 20 heavy (non-hydrogen) atoms. The largest absolute Gasteiger partial charge is 0.322 e. The van der Waals surface area contributed by atoms with Crippen LogP contribution in [0.25, 0.3) is 6.08 Å². The molecule has 0 saturated heterocycles. The van der Waals surface area contributed by atoms with Crippen molar-refractivity contribution in [3.8, 4) is 0 Å². The molecule has 0 aliphatic heterocycles. The lowest BCUT2D eigenvalue weighted by atomic mass is 10.1. The Labute approximate surface area is 117 Å². The van der Waals surface area contributed by atoms with Crippen LogP contribution in [0.3, 0.4) is 0 Å². The molecule has 0 aromatic heterocycles. The van der Waals surface area contributed by atoms with Gasteiger partial charge in [0.05, 0.1) is 0 Å². The lowest BCUT2D eigenvalue weighted by molar-refractivity contribution is -0.111. The number of ketones is 1. The lowest BCUT2D eigenvalue weighted by Gasteiger charge is -2.03. The molecule has 0 bridgehead atoms. The molecule has 0 spiro atoms. The van der Waals surface area contributed by atoms with Gasteiger partial charge in [-0.25, -0.2) is 0 Å². The summed E-state index contributed by atoms with van der Waals surface area (Å²) in [6.45, 7) is 1.50. The second-order valence-corrected chi connectivity index (χ2v) is 4.37. The quantitative estimate of drug-likeness (QED) is 0.679. The average molecular weight is 265 g/mol. The minimum absolute atomic E-state index is 0.0269. The standard InChI is InChI=1S/C17H15NO2/c1-13(19)15-8-5-9-16(12-15)18-17(20)11-10-14-6-3-2-4-7-14/h2-12H,1H3,(H,18,20). The SMILES string of the molecule is CC(=O)c1cccc(NC(=O)C=Cc2ccccc2)c1. The van der Waals surface area contributed by atoms with Crippen molar-refractivity contribution < 1.29 is 9.59 Å². The van der Waals surface area contributed by atoms with Gasteiger partial charge in [-0.15, -0.1) is 0 Å². The first-order chi connectivity index (χ1) is 9.65. The van der Waals surface area contributed by atoms with E-state index in [-0.39, 0.29) is 11.7 Å². The molecule has 0 aliphatic carbocycles. The van der Waals surface area contributed by atoms with Gasteiger partial charge in [-0.2, -0.15) is 0 Å². The minimum Gasteiger partial charge on any atom is -0.322 e. The maximum absolute atomic E-state index is 11.8. The first-order valence-electron chi connectivity index (χ1n) is 6.30. The van der Waals surface area contributed by atoms with Crippen LogP contribution in [-0.2, 0) is 4.79 Å². The van der Waals surface area contributed by atoms with E-state index >= 15 is 0 Å². The van der Waals surface area contributed by atoms with Crippen LogP contribution in [0.4, 0.5) is 5.69 Å². The molecule has 0 radical (unpaired) electrons. The van der Waals surface area contributed by atoms with Crippen molar-refractivity contribution in [3.05, 3.63) is 71.8 Å². The van der Waals surface area contributed by atoms with Gasteiger partial charge in [0.15, 0.2) is 5.78 Å². The Hall–Kier alpha value is -2.68. The van der Waals surface area contributed by atoms with Crippen LogP contribution in [0.5, 0.6) is 0 Å². The van der Waals surface area contributed by atoms with Gasteiger partial charge in [0, 0.05) is 17.3 Å². The Kier molecular flexibility index (Phi) is 4.45. The molecule has 0 fully saturated rings. The Morgan fingerprint density at radius 2 is 1.75 bits per heavy atom. The van der Waals surface area contributed by atoms with Crippen LogP contribution in [0.2, 0.25) is 0 Å². The molecule has 1 amide bonds. The molecule has 3 nitrogen and oxygen atoms in total. The van der Waals surface area contributed by atoms with Gasteiger partial charge in [0.25, 0.3) is 0 Å². The molecule has 2 aromatic rings. The lowest BCUT2D eigenvalue weighted by Crippen LogP contribution is -2.08. The number of hydrogen-bond donors (Lipinski definition) is 1. The van der Waals surface area contributed by atoms with Crippen molar-refractivity contribution in [1.82, 2.24) is 0 Å². The highest BCUT2D eigenvalue weighted by Crippen LogP contribution is 2.11. The molecule has 0 aliphatic rings. The van der Waals surface area contributed by atoms with Gasteiger partial charge in [-0.3, -0.25) is 9.59 Å². The summed E-state index contributed by atoms with van der Waals surface area (Å²) in [5.41, 5.74) is 2.15. The zero-order valence-corrected chi connectivity index (χ0v) is 11.2. The molecule has 0 atom stereocenters. The van der Waals surface area contributed by atoms with E-state index < -0.39 is 0 Å². The van der Waals surface area contributed by atoms with Crippen LogP contribution in [0.15, 0.2) is 60.7 Å². The van der Waals surface area contributed by atoms with E-state index in [2.05, 4.69) is 5.32 Å². The van der Waals surface area contributed by atoms with Gasteiger partial charge in [-0.05, 0) is 30.7 Å². The molecule has 100 valence electrons. The Morgan fingerprint density at radius 3 is 2.45 bits per heavy atom. The third kappa shape index (κ3) is 3.92. The van der Waals surface area contributed by atoms with Crippen molar-refractivity contribution >= 4 is 23.5 Å². The van der Waals surface area contributed by atoms with Crippen LogP contribution >= 0.6 is 0 Å². The zero-order chi connectivity index (χ0) is 14.4. The second kappa shape index (κ2) is 6.48. The third-order valence-electron chi connectivity index (χ3n) is 2.76. The number of Topliss-reactive ketones (excluding diaryl/α,β-unsaturated/α-hetero) is 1. The van der Waals surface area contributed by atoms with E-state index in [0.717, 1.165) is 5.56 Å². The van der Waals surface area contributed by atoms with Crippen molar-refractivity contribution in [2.75, 3.05) is 5.32 Å². The van der Waals surface area contributed by atoms with Crippen LogP contribution in [0.1, 0.15) is 22.8 Å². The number of benzene rings is 2. The normalized spacial score (nSPS) is 10.4. The minimum atomic E-state index is -0.227. The van der Waals surface area contributed by atoms with E-state index in [1.807, 2.05) is 30.3 Å². The fraction of sp³-hybridized carbons (Fsp3) is 0.0588. The molecular formula is C17H15NO2. The molecule has 2 rings (SSSR count). The van der Waals surface area contributed by atoms with Crippen LogP contribution < -0.4 is 5.32 Å². The number of hydrogen-bond acceptors (Lipinski definition) is 2. The molecule has 3 heteroatoms. The second-order valence-electron chi connectivity index (χ2n) is 4.37. The smallest absolute Gasteiger partial charge is 0.248 e. The number of carbonyl (C=O) groups excluding carboxylic acids is 2. The topological polar surface area (TPSA) is 46.2 Å². The summed E-state index contributed by atoms with van der Waals surface area (Å²) in [7, 11) is 0. The third-order valence-corrected chi connectivity index (χ3v) is 2.76. The fourth-order valence-corrected chi connectivity index (χ4v) is 1.74. The van der Waals surface area contributed by atoms with Crippen molar-refractivity contribution in [2.45, 2.75) is 6.92 Å². The highest BCUT2D eigenvalue weighted by atomic mass is 16.1. The average Bonchev–Trinajstić information content (AvgIpc) is 2.46. The summed E-state index contributed by atoms with van der Waals surface area (Å²) in [6.07, 6.45) is 3.21. The maximum Gasteiger partial charge on any atom is 0.248 e. The summed E-state index contributed by atoms with van der Waals surface area (Å²) in [6, 6.07) is 16.5. The van der Waals surface area contributed by atoms with Gasteiger partial charge in [-0.1, -0.05) is 42.5 Å². The summed E-state index contributed by atoms with van der Waals surface area (Å²) in [5.74, 6) is -0.254. The summed E-state index contributed by atoms with van der Waals surface area (Å²) >= 11 is 0. The Balaban J connectivity index is 2.03. The van der Waals surface area contributed by atoms with E-state index in [1.165, 1.54) is 13.0 Å². The Morgan fingerprint density at radius 1 is 1.00 bits per heavy atom. The van der Waals surface area contributed by atoms with Gasteiger partial charge >= 0.3 is 0 Å². The summed E-state index contributed by atoms with van der Waals surface area (Å²) < 4.78 is 0. The zero-order valence-electron chi connectivity index (χ0n) is 11.2. The fourth-order valence-electron chi connectivity index (χ4n) is 1.74. The van der Waals surface area contributed by atoms with E-state index in [4.69, 9.17) is 0 Å².